The van der Waals surface area contributed by atoms with Crippen LogP contribution in [0.25, 0.3) is 33.9 Å². The van der Waals surface area contributed by atoms with E-state index in [0.29, 0.717) is 0 Å². The van der Waals surface area contributed by atoms with E-state index in [0.717, 1.165) is 37.8 Å². The summed E-state index contributed by atoms with van der Waals surface area (Å²) in [4.78, 5) is 8.37. The highest BCUT2D eigenvalue weighted by Gasteiger charge is 2.31. The number of hydrogen-bond acceptors (Lipinski definition) is 5. The molecule has 0 fully saturated rings. The largest absolute Gasteiger partial charge is 0.355 e. The molecule has 3 aliphatic heterocycles. The second-order valence-corrected chi connectivity index (χ2v) is 12.0. The average molecular weight is 567 g/mol. The van der Waals surface area contributed by atoms with Crippen LogP contribution in [0.4, 0.5) is 5.69 Å². The molecule has 0 amide bonds. The van der Waals surface area contributed by atoms with E-state index in [2.05, 4.69) is 134 Å². The zero-order valence-electron chi connectivity index (χ0n) is 23.4. The van der Waals surface area contributed by atoms with Gasteiger partial charge in [-0.25, -0.2) is 0 Å². The highest BCUT2D eigenvalue weighted by Crippen LogP contribution is 2.50. The van der Waals surface area contributed by atoms with Crippen LogP contribution in [-0.2, 0) is 13.0 Å². The third kappa shape index (κ3) is 4.52. The van der Waals surface area contributed by atoms with Gasteiger partial charge in [0.15, 0.2) is 5.96 Å². The van der Waals surface area contributed by atoms with Crippen molar-refractivity contribution >= 4 is 40.4 Å². The maximum atomic E-state index is 4.46. The summed E-state index contributed by atoms with van der Waals surface area (Å²) in [6, 6.07) is 37.6. The molecule has 4 aromatic carbocycles. The summed E-state index contributed by atoms with van der Waals surface area (Å²) >= 11 is 1.90. The van der Waals surface area contributed by atoms with Gasteiger partial charge in [-0.05, 0) is 59.9 Å². The Morgan fingerprint density at radius 2 is 1.79 bits per heavy atom. The minimum atomic E-state index is 0.746. The third-order valence-electron chi connectivity index (χ3n) is 8.33. The van der Waals surface area contributed by atoms with Crippen LogP contribution in [0.1, 0.15) is 23.1 Å². The molecule has 0 spiro atoms. The lowest BCUT2D eigenvalue weighted by Crippen LogP contribution is -2.35. The van der Waals surface area contributed by atoms with E-state index in [1.54, 1.807) is 0 Å². The Kier molecular flexibility index (Phi) is 6.41. The van der Waals surface area contributed by atoms with Gasteiger partial charge in [0, 0.05) is 54.4 Å². The third-order valence-corrected chi connectivity index (χ3v) is 9.42. The molecule has 0 saturated heterocycles. The van der Waals surface area contributed by atoms with Crippen molar-refractivity contribution in [3.63, 3.8) is 0 Å². The van der Waals surface area contributed by atoms with Crippen LogP contribution < -0.4 is 20.1 Å². The number of benzene rings is 4. The fraction of sp³-hybridized carbons (Fsp3) is 0.167. The highest BCUT2D eigenvalue weighted by atomic mass is 32.2. The lowest BCUT2D eigenvalue weighted by molar-refractivity contribution is -0.555. The molecule has 6 heteroatoms. The quantitative estimate of drug-likeness (QED) is 0.233. The molecule has 0 unspecified atom stereocenters. The Balaban J connectivity index is 1.26. The van der Waals surface area contributed by atoms with Gasteiger partial charge >= 0.3 is 0 Å². The Morgan fingerprint density at radius 1 is 0.929 bits per heavy atom. The lowest BCUT2D eigenvalue weighted by atomic mass is 10.0. The molecule has 0 bridgehead atoms. The molecular formula is C36H32N5S+. The topological polar surface area (TPSA) is 43.5 Å². The Morgan fingerprint density at radius 3 is 2.64 bits per heavy atom. The molecule has 0 radical (unpaired) electrons. The number of nitrogens with one attached hydrogen (secondary N) is 2. The van der Waals surface area contributed by atoms with Crippen molar-refractivity contribution in [3.05, 3.63) is 125 Å². The number of aryl methyl sites for hydroxylation is 1. The van der Waals surface area contributed by atoms with E-state index < -0.39 is 0 Å². The van der Waals surface area contributed by atoms with Gasteiger partial charge in [0.05, 0.1) is 22.6 Å². The normalized spacial score (nSPS) is 16.4. The van der Waals surface area contributed by atoms with Crippen LogP contribution in [0.3, 0.4) is 0 Å². The van der Waals surface area contributed by atoms with Gasteiger partial charge in [-0.2, -0.15) is 4.57 Å². The molecule has 206 valence electrons. The fourth-order valence-corrected chi connectivity index (χ4v) is 7.53. The molecule has 0 aliphatic carbocycles. The number of rotatable bonds is 5. The number of aromatic nitrogens is 1. The number of para-hydroxylation sites is 3. The number of thioether (sulfide) groups is 1. The van der Waals surface area contributed by atoms with Crippen molar-refractivity contribution in [2.45, 2.75) is 24.3 Å². The summed E-state index contributed by atoms with van der Waals surface area (Å²) in [5, 5.41) is 9.26. The minimum Gasteiger partial charge on any atom is -0.355 e. The summed E-state index contributed by atoms with van der Waals surface area (Å²) in [6.45, 7) is 3.56. The summed E-state index contributed by atoms with van der Waals surface area (Å²) in [7, 11) is 0. The molecule has 42 heavy (non-hydrogen) atoms. The first-order chi connectivity index (χ1) is 20.8. The van der Waals surface area contributed by atoms with E-state index in [1.165, 1.54) is 67.3 Å². The summed E-state index contributed by atoms with van der Waals surface area (Å²) < 4.78 is 2.40. The molecule has 0 atom stereocenters. The number of fused-ring (bicyclic) bond motifs is 1. The van der Waals surface area contributed by atoms with E-state index >= 15 is 0 Å². The molecule has 1 aromatic heterocycles. The minimum absolute atomic E-state index is 0.746. The maximum Gasteiger partial charge on any atom is 0.219 e. The van der Waals surface area contributed by atoms with E-state index in [1.807, 2.05) is 11.8 Å². The summed E-state index contributed by atoms with van der Waals surface area (Å²) in [5.74, 6) is 0.890. The van der Waals surface area contributed by atoms with E-state index in [4.69, 9.17) is 0 Å². The monoisotopic (exact) mass is 566 g/mol. The number of hydrogen-bond donors (Lipinski definition) is 2. The molecule has 5 nitrogen and oxygen atoms in total. The second-order valence-electron chi connectivity index (χ2n) is 11.0. The van der Waals surface area contributed by atoms with Crippen molar-refractivity contribution in [1.82, 2.24) is 10.6 Å². The van der Waals surface area contributed by atoms with Crippen LogP contribution in [0.15, 0.2) is 118 Å². The van der Waals surface area contributed by atoms with Crippen LogP contribution in [-0.4, -0.2) is 25.6 Å². The van der Waals surface area contributed by atoms with Gasteiger partial charge in [0.2, 0.25) is 16.9 Å². The first-order valence-corrected chi connectivity index (χ1v) is 15.6. The van der Waals surface area contributed by atoms with Gasteiger partial charge < -0.3 is 15.5 Å². The van der Waals surface area contributed by atoms with Crippen molar-refractivity contribution in [2.75, 3.05) is 24.5 Å². The zero-order chi connectivity index (χ0) is 27.9. The number of guanidine groups is 1. The molecule has 8 rings (SSSR count). The van der Waals surface area contributed by atoms with E-state index in [-0.39, 0.29) is 0 Å². The van der Waals surface area contributed by atoms with Crippen LogP contribution in [0.5, 0.6) is 0 Å². The first kappa shape index (κ1) is 25.2. The maximum absolute atomic E-state index is 4.46. The molecule has 3 aliphatic rings. The van der Waals surface area contributed by atoms with Gasteiger partial charge in [0.25, 0.3) is 0 Å². The summed E-state index contributed by atoms with van der Waals surface area (Å²) in [6.07, 6.45) is 4.77. The molecular weight excluding hydrogens is 534 g/mol. The zero-order valence-corrected chi connectivity index (χ0v) is 24.2. The Labute approximate surface area is 250 Å². The molecule has 0 saturated carbocycles. The number of anilines is 1. The lowest BCUT2D eigenvalue weighted by Gasteiger charge is -2.27. The Hall–Kier alpha value is -4.55. The SMILES string of the molecule is C(=C1/Sc2cccc3c2N1CCC3)/c1cc(-c2ccc(CNC3=NCCN3)cc2)[n+](-c2ccccc2)c2ccccc12. The van der Waals surface area contributed by atoms with Crippen molar-refractivity contribution in [3.8, 4) is 16.9 Å². The Bertz CT molecular complexity index is 1860. The number of pyridine rings is 1. The van der Waals surface area contributed by atoms with Crippen molar-refractivity contribution in [2.24, 2.45) is 4.99 Å². The smallest absolute Gasteiger partial charge is 0.219 e. The van der Waals surface area contributed by atoms with Crippen LogP contribution >= 0.6 is 11.8 Å². The van der Waals surface area contributed by atoms with Crippen molar-refractivity contribution < 1.29 is 4.57 Å². The van der Waals surface area contributed by atoms with Gasteiger partial charge in [-0.3, -0.25) is 4.99 Å². The standard InChI is InChI=1S/C36H32N5S/c1-2-10-29(11-3-1)41-31-13-5-4-12-30(31)28(23-34-40-21-7-9-27-8-6-14-33(42-34)35(27)40)22-32(41)26-17-15-25(16-18-26)24-39-36-37-19-20-38-36/h1-6,8,10-18,22-23H,7,9,19-21,24H2,(H2,37,38,39)/q+1. The second kappa shape index (κ2) is 10.7. The van der Waals surface area contributed by atoms with Gasteiger partial charge in [-0.15, -0.1) is 0 Å². The fourth-order valence-electron chi connectivity index (χ4n) is 6.34. The number of aliphatic imine (C=N–C) groups is 1. The predicted octanol–water partition coefficient (Wildman–Crippen LogP) is 6.69. The van der Waals surface area contributed by atoms with Crippen LogP contribution in [0.2, 0.25) is 0 Å². The average Bonchev–Trinajstić information content (AvgIpc) is 3.70. The van der Waals surface area contributed by atoms with E-state index in [9.17, 15) is 0 Å². The summed E-state index contributed by atoms with van der Waals surface area (Å²) in [5.41, 5.74) is 10.1. The number of nitrogens with zero attached hydrogens (tertiary/aromatic N) is 3. The van der Waals surface area contributed by atoms with Crippen LogP contribution in [0, 0.1) is 0 Å². The van der Waals surface area contributed by atoms with Gasteiger partial charge in [-0.1, -0.05) is 66.4 Å². The first-order valence-electron chi connectivity index (χ1n) is 14.8. The predicted molar refractivity (Wildman–Crippen MR) is 174 cm³/mol. The molecule has 5 aromatic rings. The molecule has 2 N–H and O–H groups in total. The van der Waals surface area contributed by atoms with Gasteiger partial charge in [0.1, 0.15) is 0 Å². The van der Waals surface area contributed by atoms with Crippen molar-refractivity contribution in [1.29, 1.82) is 0 Å². The molecule has 4 heterocycles. The highest BCUT2D eigenvalue weighted by molar-refractivity contribution is 8.03.